The van der Waals surface area contributed by atoms with E-state index in [1.54, 1.807) is 7.11 Å². The molecule has 1 unspecified atom stereocenters. The van der Waals surface area contributed by atoms with E-state index in [1.807, 2.05) is 13.0 Å². The van der Waals surface area contributed by atoms with Crippen LogP contribution in [-0.2, 0) is 0 Å². The first-order chi connectivity index (χ1) is 7.72. The van der Waals surface area contributed by atoms with Crippen LogP contribution in [0.2, 0.25) is 0 Å². The molecule has 1 atom stereocenters. The Hall–Kier alpha value is -1.22. The maximum atomic E-state index is 9.78. The van der Waals surface area contributed by atoms with Crippen molar-refractivity contribution in [1.82, 2.24) is 5.32 Å². The summed E-state index contributed by atoms with van der Waals surface area (Å²) in [5.74, 6) is 1.39. The summed E-state index contributed by atoms with van der Waals surface area (Å²) < 4.78 is 5.19. The minimum atomic E-state index is 0.259. The maximum absolute atomic E-state index is 9.78. The van der Waals surface area contributed by atoms with Crippen LogP contribution in [0.25, 0.3) is 0 Å². The van der Waals surface area contributed by atoms with Crippen molar-refractivity contribution in [1.29, 1.82) is 0 Å². The quantitative estimate of drug-likeness (QED) is 0.804. The smallest absolute Gasteiger partial charge is 0.161 e. The van der Waals surface area contributed by atoms with Crippen LogP contribution in [0.4, 0.5) is 0 Å². The Labute approximate surface area is 96.4 Å². The molecule has 0 amide bonds. The first-order valence-electron chi connectivity index (χ1n) is 5.80. The Morgan fingerprint density at radius 1 is 1.44 bits per heavy atom. The minimum Gasteiger partial charge on any atom is -0.504 e. The van der Waals surface area contributed by atoms with Gasteiger partial charge in [0.2, 0.25) is 0 Å². The fourth-order valence-corrected chi connectivity index (χ4v) is 2.30. The van der Waals surface area contributed by atoms with Crippen molar-refractivity contribution in [3.63, 3.8) is 0 Å². The number of phenols is 1. The summed E-state index contributed by atoms with van der Waals surface area (Å²) in [5.41, 5.74) is 2.15. The van der Waals surface area contributed by atoms with E-state index in [2.05, 4.69) is 11.4 Å². The standard InChI is InChI=1S/C13H19NO2/c1-9-6-11(7-12(16-2)13(9)15)10-4-3-5-14-8-10/h6-7,10,14-15H,3-5,8H2,1-2H3. The number of phenolic OH excluding ortho intramolecular Hbond substituents is 1. The zero-order valence-electron chi connectivity index (χ0n) is 9.92. The summed E-state index contributed by atoms with van der Waals surface area (Å²) >= 11 is 0. The fraction of sp³-hybridized carbons (Fsp3) is 0.538. The molecule has 0 aliphatic carbocycles. The normalized spacial score (nSPS) is 20.8. The zero-order chi connectivity index (χ0) is 11.5. The van der Waals surface area contributed by atoms with Crippen molar-refractivity contribution in [3.05, 3.63) is 23.3 Å². The molecular formula is C13H19NO2. The first-order valence-corrected chi connectivity index (χ1v) is 5.80. The van der Waals surface area contributed by atoms with Gasteiger partial charge in [-0.15, -0.1) is 0 Å². The SMILES string of the molecule is COc1cc(C2CCCNC2)cc(C)c1O. The van der Waals surface area contributed by atoms with E-state index < -0.39 is 0 Å². The number of aromatic hydroxyl groups is 1. The van der Waals surface area contributed by atoms with Crippen molar-refractivity contribution in [2.45, 2.75) is 25.7 Å². The molecule has 1 saturated heterocycles. The molecule has 0 saturated carbocycles. The highest BCUT2D eigenvalue weighted by Crippen LogP contribution is 2.35. The van der Waals surface area contributed by atoms with Crippen LogP contribution in [-0.4, -0.2) is 25.3 Å². The Balaban J connectivity index is 2.29. The van der Waals surface area contributed by atoms with Gasteiger partial charge >= 0.3 is 0 Å². The van der Waals surface area contributed by atoms with Crippen LogP contribution in [0.1, 0.15) is 29.9 Å². The van der Waals surface area contributed by atoms with Crippen molar-refractivity contribution >= 4 is 0 Å². The van der Waals surface area contributed by atoms with E-state index in [1.165, 1.54) is 18.4 Å². The lowest BCUT2D eigenvalue weighted by atomic mass is 9.90. The number of nitrogens with one attached hydrogen (secondary N) is 1. The molecule has 1 aromatic carbocycles. The number of aryl methyl sites for hydroxylation is 1. The second-order valence-electron chi connectivity index (χ2n) is 4.43. The average Bonchev–Trinajstić information content (AvgIpc) is 2.33. The number of piperidine rings is 1. The monoisotopic (exact) mass is 221 g/mol. The van der Waals surface area contributed by atoms with Crippen LogP contribution in [0.5, 0.6) is 11.5 Å². The topological polar surface area (TPSA) is 41.5 Å². The summed E-state index contributed by atoms with van der Waals surface area (Å²) in [6.45, 7) is 4.05. The van der Waals surface area contributed by atoms with E-state index in [4.69, 9.17) is 4.74 Å². The zero-order valence-corrected chi connectivity index (χ0v) is 9.92. The third kappa shape index (κ3) is 2.14. The van der Waals surface area contributed by atoms with Gasteiger partial charge in [-0.1, -0.05) is 6.07 Å². The van der Waals surface area contributed by atoms with Crippen molar-refractivity contribution in [3.8, 4) is 11.5 Å². The second-order valence-corrected chi connectivity index (χ2v) is 4.43. The molecule has 3 nitrogen and oxygen atoms in total. The molecule has 0 radical (unpaired) electrons. The number of ether oxygens (including phenoxy) is 1. The second kappa shape index (κ2) is 4.74. The predicted molar refractivity (Wildman–Crippen MR) is 64.2 cm³/mol. The molecule has 0 spiro atoms. The number of rotatable bonds is 2. The maximum Gasteiger partial charge on any atom is 0.161 e. The molecule has 1 aliphatic rings. The molecule has 2 N–H and O–H groups in total. The minimum absolute atomic E-state index is 0.259. The molecule has 3 heteroatoms. The molecule has 1 fully saturated rings. The van der Waals surface area contributed by atoms with Crippen molar-refractivity contribution in [2.24, 2.45) is 0 Å². The van der Waals surface area contributed by atoms with Gasteiger partial charge in [0.15, 0.2) is 11.5 Å². The lowest BCUT2D eigenvalue weighted by molar-refractivity contribution is 0.369. The Bertz CT molecular complexity index is 370. The third-order valence-corrected chi connectivity index (χ3v) is 3.28. The highest BCUT2D eigenvalue weighted by atomic mass is 16.5. The van der Waals surface area contributed by atoms with Crippen LogP contribution in [0.15, 0.2) is 12.1 Å². The Morgan fingerprint density at radius 3 is 2.88 bits per heavy atom. The average molecular weight is 221 g/mol. The molecule has 1 heterocycles. The van der Waals surface area contributed by atoms with Crippen LogP contribution in [0, 0.1) is 6.92 Å². The summed E-state index contributed by atoms with van der Waals surface area (Å²) in [5, 5.41) is 13.2. The fourth-order valence-electron chi connectivity index (χ4n) is 2.30. The van der Waals surface area contributed by atoms with Crippen LogP contribution in [0.3, 0.4) is 0 Å². The van der Waals surface area contributed by atoms with Gasteiger partial charge in [0.05, 0.1) is 7.11 Å². The van der Waals surface area contributed by atoms with Gasteiger partial charge in [0.25, 0.3) is 0 Å². The Kier molecular flexibility index (Phi) is 3.34. The molecule has 88 valence electrons. The van der Waals surface area contributed by atoms with Gasteiger partial charge < -0.3 is 15.2 Å². The summed E-state index contributed by atoms with van der Waals surface area (Å²) in [7, 11) is 1.59. The molecule has 0 bridgehead atoms. The lowest BCUT2D eigenvalue weighted by Gasteiger charge is -2.24. The molecular weight excluding hydrogens is 202 g/mol. The van der Waals surface area contributed by atoms with Crippen molar-refractivity contribution in [2.75, 3.05) is 20.2 Å². The first kappa shape index (κ1) is 11.3. The lowest BCUT2D eigenvalue weighted by Crippen LogP contribution is -2.28. The third-order valence-electron chi connectivity index (χ3n) is 3.28. The molecule has 1 aromatic rings. The Morgan fingerprint density at radius 2 is 2.25 bits per heavy atom. The number of benzene rings is 1. The summed E-state index contributed by atoms with van der Waals surface area (Å²) in [6, 6.07) is 4.02. The van der Waals surface area contributed by atoms with Gasteiger partial charge in [-0.05, 0) is 49.4 Å². The summed E-state index contributed by atoms with van der Waals surface area (Å²) in [4.78, 5) is 0. The predicted octanol–water partition coefficient (Wildman–Crippen LogP) is 2.18. The van der Waals surface area contributed by atoms with Gasteiger partial charge in [-0.2, -0.15) is 0 Å². The highest BCUT2D eigenvalue weighted by Gasteiger charge is 2.17. The van der Waals surface area contributed by atoms with Crippen molar-refractivity contribution < 1.29 is 9.84 Å². The van der Waals surface area contributed by atoms with Crippen LogP contribution >= 0.6 is 0 Å². The molecule has 16 heavy (non-hydrogen) atoms. The molecule has 2 rings (SSSR count). The molecule has 0 aromatic heterocycles. The largest absolute Gasteiger partial charge is 0.504 e. The number of hydrogen-bond acceptors (Lipinski definition) is 3. The number of hydrogen-bond donors (Lipinski definition) is 2. The van der Waals surface area contributed by atoms with E-state index in [0.29, 0.717) is 11.7 Å². The van der Waals surface area contributed by atoms with Crippen LogP contribution < -0.4 is 10.1 Å². The van der Waals surface area contributed by atoms with Gasteiger partial charge in [0.1, 0.15) is 0 Å². The highest BCUT2D eigenvalue weighted by molar-refractivity contribution is 5.48. The van der Waals surface area contributed by atoms with E-state index in [-0.39, 0.29) is 5.75 Å². The number of methoxy groups -OCH3 is 1. The van der Waals surface area contributed by atoms with Gasteiger partial charge in [0, 0.05) is 6.54 Å². The van der Waals surface area contributed by atoms with E-state index >= 15 is 0 Å². The van der Waals surface area contributed by atoms with Gasteiger partial charge in [-0.3, -0.25) is 0 Å². The van der Waals surface area contributed by atoms with E-state index in [9.17, 15) is 5.11 Å². The van der Waals surface area contributed by atoms with Gasteiger partial charge in [-0.25, -0.2) is 0 Å². The summed E-state index contributed by atoms with van der Waals surface area (Å²) in [6.07, 6.45) is 2.42. The molecule has 1 aliphatic heterocycles. The van der Waals surface area contributed by atoms with E-state index in [0.717, 1.165) is 18.7 Å².